The Morgan fingerprint density at radius 1 is 1.43 bits per heavy atom. The molecule has 0 aromatic carbocycles. The second-order valence-corrected chi connectivity index (χ2v) is 4.12. The molecular weight excluding hydrogens is 176 g/mol. The fraction of sp³-hybridized carbons (Fsp3) is 0.727. The van der Waals surface area contributed by atoms with E-state index in [0.717, 1.165) is 6.54 Å². The number of carbonyl (C=O) groups excluding carboxylic acids is 1. The van der Waals surface area contributed by atoms with Crippen LogP contribution in [0.1, 0.15) is 20.8 Å². The number of hydrogen-bond donors (Lipinski definition) is 1. The van der Waals surface area contributed by atoms with Crippen molar-refractivity contribution in [3.8, 4) is 0 Å². The maximum Gasteiger partial charge on any atom is 0.243 e. The van der Waals surface area contributed by atoms with Crippen LogP contribution < -0.4 is 5.32 Å². The van der Waals surface area contributed by atoms with Crippen molar-refractivity contribution in [2.75, 3.05) is 20.6 Å². The van der Waals surface area contributed by atoms with Gasteiger partial charge in [0.05, 0.1) is 0 Å². The molecule has 0 spiro atoms. The highest BCUT2D eigenvalue weighted by Crippen LogP contribution is 2.02. The smallest absolute Gasteiger partial charge is 0.243 e. The summed E-state index contributed by atoms with van der Waals surface area (Å²) in [4.78, 5) is 13.4. The zero-order chi connectivity index (χ0) is 11.1. The molecule has 0 aliphatic rings. The zero-order valence-electron chi connectivity index (χ0n) is 9.87. The summed E-state index contributed by atoms with van der Waals surface area (Å²) in [7, 11) is 4.02. The lowest BCUT2D eigenvalue weighted by molar-refractivity contribution is -0.117. The first kappa shape index (κ1) is 13.2. The lowest BCUT2D eigenvalue weighted by Gasteiger charge is -2.25. The first-order valence-electron chi connectivity index (χ1n) is 5.05. The van der Waals surface area contributed by atoms with Crippen molar-refractivity contribution in [3.63, 3.8) is 0 Å². The van der Waals surface area contributed by atoms with Gasteiger partial charge in [0, 0.05) is 12.6 Å². The predicted octanol–water partition coefficient (Wildman–Crippen LogP) is 1.26. The van der Waals surface area contributed by atoms with Crippen LogP contribution in [0.15, 0.2) is 12.2 Å². The summed E-state index contributed by atoms with van der Waals surface area (Å²) in [5.41, 5.74) is 0. The van der Waals surface area contributed by atoms with Crippen molar-refractivity contribution >= 4 is 5.91 Å². The van der Waals surface area contributed by atoms with E-state index < -0.39 is 0 Å². The van der Waals surface area contributed by atoms with Gasteiger partial charge in [0.15, 0.2) is 0 Å². The summed E-state index contributed by atoms with van der Waals surface area (Å²) in [6.07, 6.45) is 3.31. The number of nitrogens with one attached hydrogen (secondary N) is 1. The van der Waals surface area contributed by atoms with Crippen molar-refractivity contribution < 1.29 is 4.79 Å². The number of amides is 1. The van der Waals surface area contributed by atoms with Crippen LogP contribution >= 0.6 is 0 Å². The van der Waals surface area contributed by atoms with E-state index in [1.54, 1.807) is 12.2 Å². The molecule has 0 saturated heterocycles. The minimum Gasteiger partial charge on any atom is -0.348 e. The molecule has 0 fully saturated rings. The molecule has 3 heteroatoms. The average Bonchev–Trinajstić information content (AvgIpc) is 2.02. The van der Waals surface area contributed by atoms with Gasteiger partial charge in [0.25, 0.3) is 0 Å². The topological polar surface area (TPSA) is 32.3 Å². The highest BCUT2D eigenvalue weighted by Gasteiger charge is 2.15. The van der Waals surface area contributed by atoms with Crippen LogP contribution in [0.5, 0.6) is 0 Å². The first-order valence-corrected chi connectivity index (χ1v) is 5.05. The summed E-state index contributed by atoms with van der Waals surface area (Å²) < 4.78 is 0. The third kappa shape index (κ3) is 5.75. The summed E-state index contributed by atoms with van der Waals surface area (Å²) in [5.74, 6) is 0.444. The Morgan fingerprint density at radius 2 is 2.00 bits per heavy atom. The average molecular weight is 198 g/mol. The molecule has 3 nitrogen and oxygen atoms in total. The standard InChI is InChI=1S/C11H22N2O/c1-6-7-11(14)12-10(9(2)3)8-13(4)5/h6-7,9-10H,8H2,1-5H3,(H,12,14). The molecule has 0 saturated carbocycles. The fourth-order valence-corrected chi connectivity index (χ4v) is 1.20. The summed E-state index contributed by atoms with van der Waals surface area (Å²) in [6.45, 7) is 6.95. The van der Waals surface area contributed by atoms with Crippen molar-refractivity contribution in [2.24, 2.45) is 5.92 Å². The number of nitrogens with zero attached hydrogens (tertiary/aromatic N) is 1. The molecule has 0 aromatic rings. The number of likely N-dealkylation sites (N-methyl/N-ethyl adjacent to an activating group) is 1. The molecule has 0 radical (unpaired) electrons. The third-order valence-corrected chi connectivity index (χ3v) is 2.01. The molecule has 14 heavy (non-hydrogen) atoms. The molecule has 82 valence electrons. The third-order valence-electron chi connectivity index (χ3n) is 2.01. The molecule has 1 atom stereocenters. The monoisotopic (exact) mass is 198 g/mol. The molecule has 1 N–H and O–H groups in total. The van der Waals surface area contributed by atoms with Gasteiger partial charge in [-0.05, 0) is 33.0 Å². The zero-order valence-corrected chi connectivity index (χ0v) is 9.87. The largest absolute Gasteiger partial charge is 0.348 e. The molecule has 0 aliphatic carbocycles. The quantitative estimate of drug-likeness (QED) is 0.675. The van der Waals surface area contributed by atoms with Crippen LogP contribution in [0.3, 0.4) is 0 Å². The van der Waals surface area contributed by atoms with Gasteiger partial charge in [-0.15, -0.1) is 0 Å². The van der Waals surface area contributed by atoms with E-state index in [9.17, 15) is 4.79 Å². The maximum absolute atomic E-state index is 11.3. The summed E-state index contributed by atoms with van der Waals surface area (Å²) in [6, 6.07) is 0.216. The Kier molecular flexibility index (Phi) is 6.21. The summed E-state index contributed by atoms with van der Waals surface area (Å²) >= 11 is 0. The Labute approximate surface area is 87.2 Å². The second kappa shape index (κ2) is 6.60. The molecule has 1 amide bonds. The Bertz CT molecular complexity index is 197. The lowest BCUT2D eigenvalue weighted by atomic mass is 10.0. The highest BCUT2D eigenvalue weighted by molar-refractivity contribution is 5.87. The van der Waals surface area contributed by atoms with Gasteiger partial charge in [-0.25, -0.2) is 0 Å². The van der Waals surface area contributed by atoms with Crippen molar-refractivity contribution in [1.82, 2.24) is 10.2 Å². The predicted molar refractivity (Wildman–Crippen MR) is 60.1 cm³/mol. The van der Waals surface area contributed by atoms with Gasteiger partial charge in [-0.3, -0.25) is 4.79 Å². The highest BCUT2D eigenvalue weighted by atomic mass is 16.1. The van der Waals surface area contributed by atoms with Gasteiger partial charge in [0.1, 0.15) is 0 Å². The van der Waals surface area contributed by atoms with Crippen LogP contribution in [0.2, 0.25) is 0 Å². The van der Waals surface area contributed by atoms with E-state index in [1.807, 2.05) is 21.0 Å². The van der Waals surface area contributed by atoms with Crippen molar-refractivity contribution in [3.05, 3.63) is 12.2 Å². The molecule has 0 heterocycles. The van der Waals surface area contributed by atoms with E-state index in [0.29, 0.717) is 5.92 Å². The van der Waals surface area contributed by atoms with Crippen molar-refractivity contribution in [1.29, 1.82) is 0 Å². The Balaban J connectivity index is 4.16. The number of hydrogen-bond acceptors (Lipinski definition) is 2. The van der Waals surface area contributed by atoms with Crippen LogP contribution in [-0.2, 0) is 4.79 Å². The number of carbonyl (C=O) groups is 1. The first-order chi connectivity index (χ1) is 6.47. The van der Waals surface area contributed by atoms with E-state index in [-0.39, 0.29) is 11.9 Å². The van der Waals surface area contributed by atoms with E-state index in [4.69, 9.17) is 0 Å². The van der Waals surface area contributed by atoms with E-state index >= 15 is 0 Å². The van der Waals surface area contributed by atoms with Crippen LogP contribution in [0, 0.1) is 5.92 Å². The van der Waals surface area contributed by atoms with Crippen molar-refractivity contribution in [2.45, 2.75) is 26.8 Å². The van der Waals surface area contributed by atoms with Crippen LogP contribution in [-0.4, -0.2) is 37.5 Å². The van der Waals surface area contributed by atoms with Crippen LogP contribution in [0.25, 0.3) is 0 Å². The number of rotatable bonds is 5. The molecule has 0 rings (SSSR count). The molecule has 1 unspecified atom stereocenters. The van der Waals surface area contributed by atoms with Gasteiger partial charge >= 0.3 is 0 Å². The van der Waals surface area contributed by atoms with Gasteiger partial charge in [0.2, 0.25) is 5.91 Å². The summed E-state index contributed by atoms with van der Waals surface area (Å²) in [5, 5.41) is 2.98. The fourth-order valence-electron chi connectivity index (χ4n) is 1.20. The van der Waals surface area contributed by atoms with Gasteiger partial charge in [-0.2, -0.15) is 0 Å². The van der Waals surface area contributed by atoms with Gasteiger partial charge in [-0.1, -0.05) is 19.9 Å². The minimum atomic E-state index is -0.00644. The second-order valence-electron chi connectivity index (χ2n) is 4.12. The molecule has 0 bridgehead atoms. The van der Waals surface area contributed by atoms with Crippen LogP contribution in [0.4, 0.5) is 0 Å². The maximum atomic E-state index is 11.3. The molecule has 0 aliphatic heterocycles. The SMILES string of the molecule is CC=CC(=O)NC(CN(C)C)C(C)C. The van der Waals surface area contributed by atoms with Gasteiger partial charge < -0.3 is 10.2 Å². The Hall–Kier alpha value is -0.830. The Morgan fingerprint density at radius 3 is 2.36 bits per heavy atom. The normalized spacial score (nSPS) is 13.9. The minimum absolute atomic E-state index is 0.00644. The molecular formula is C11H22N2O. The van der Waals surface area contributed by atoms with E-state index in [2.05, 4.69) is 24.1 Å². The lowest BCUT2D eigenvalue weighted by Crippen LogP contribution is -2.44. The van der Waals surface area contributed by atoms with E-state index in [1.165, 1.54) is 0 Å². The molecule has 0 aromatic heterocycles. The number of allylic oxidation sites excluding steroid dienone is 1.